The van der Waals surface area contributed by atoms with Crippen molar-refractivity contribution in [2.75, 3.05) is 6.61 Å². The highest BCUT2D eigenvalue weighted by molar-refractivity contribution is 7.91. The molecule has 0 aliphatic heterocycles. The fraction of sp³-hybridized carbons (Fsp3) is 0.143. The average Bonchev–Trinajstić information content (AvgIpc) is 2.65. The van der Waals surface area contributed by atoms with Crippen molar-refractivity contribution in [1.82, 2.24) is 4.89 Å². The van der Waals surface area contributed by atoms with Crippen molar-refractivity contribution < 1.29 is 28.0 Å². The maximum Gasteiger partial charge on any atom is 0.345 e. The number of sulfonamides is 1. The van der Waals surface area contributed by atoms with E-state index in [0.717, 1.165) is 12.1 Å². The van der Waals surface area contributed by atoms with E-state index in [-0.39, 0.29) is 9.09 Å². The minimum atomic E-state index is -3.99. The van der Waals surface area contributed by atoms with Gasteiger partial charge in [-0.1, -0.05) is 4.89 Å². The van der Waals surface area contributed by atoms with E-state index >= 15 is 0 Å². The maximum absolute atomic E-state index is 11.5. The molecule has 0 spiro atoms. The second kappa shape index (κ2) is 5.23. The van der Waals surface area contributed by atoms with Crippen LogP contribution in [0.5, 0.6) is 0 Å². The molecule has 1 aromatic heterocycles. The summed E-state index contributed by atoms with van der Waals surface area (Å²) >= 11 is 0.561. The molecular formula is C7H8N2O6S2. The molecule has 1 aromatic rings. The lowest BCUT2D eigenvalue weighted by molar-refractivity contribution is -0.123. The number of aromatic carboxylic acids is 1. The molecule has 0 radical (unpaired) electrons. The number of carbonyl (C=O) groups is 2. The zero-order valence-electron chi connectivity index (χ0n) is 8.24. The number of rotatable bonds is 6. The number of carboxylic acids is 1. The van der Waals surface area contributed by atoms with E-state index in [1.807, 2.05) is 0 Å². The molecule has 0 fully saturated rings. The Morgan fingerprint density at radius 1 is 1.47 bits per heavy atom. The number of nitrogens with one attached hydrogen (secondary N) is 1. The molecule has 0 bridgehead atoms. The summed E-state index contributed by atoms with van der Waals surface area (Å²) in [4.78, 5) is 26.7. The van der Waals surface area contributed by atoms with Crippen molar-refractivity contribution in [1.29, 1.82) is 0 Å². The number of thiophene rings is 1. The minimum absolute atomic E-state index is 0.125. The predicted octanol–water partition coefficient (Wildman–Crippen LogP) is -0.858. The zero-order valence-corrected chi connectivity index (χ0v) is 9.88. The van der Waals surface area contributed by atoms with Crippen LogP contribution in [0.15, 0.2) is 16.3 Å². The third-order valence-corrected chi connectivity index (χ3v) is 4.22. The fourth-order valence-corrected chi connectivity index (χ4v) is 2.73. The van der Waals surface area contributed by atoms with Crippen LogP contribution in [-0.2, 0) is 19.7 Å². The van der Waals surface area contributed by atoms with E-state index < -0.39 is 28.5 Å². The van der Waals surface area contributed by atoms with Gasteiger partial charge in [0.1, 0.15) is 15.7 Å². The Labute approximate surface area is 100 Å². The molecule has 0 aromatic carbocycles. The molecule has 1 amide bonds. The van der Waals surface area contributed by atoms with Gasteiger partial charge in [0.15, 0.2) is 0 Å². The average molecular weight is 280 g/mol. The number of hydrogen-bond acceptors (Lipinski definition) is 6. The monoisotopic (exact) mass is 280 g/mol. The second-order valence-corrected chi connectivity index (χ2v) is 5.72. The first-order valence-electron chi connectivity index (χ1n) is 4.08. The van der Waals surface area contributed by atoms with Gasteiger partial charge >= 0.3 is 5.97 Å². The summed E-state index contributed by atoms with van der Waals surface area (Å²) in [6.45, 7) is -0.615. The first-order valence-corrected chi connectivity index (χ1v) is 6.38. The van der Waals surface area contributed by atoms with Crippen molar-refractivity contribution in [3.8, 4) is 0 Å². The van der Waals surface area contributed by atoms with Crippen LogP contribution in [0.25, 0.3) is 0 Å². The molecule has 1 rings (SSSR count). The normalized spacial score (nSPS) is 11.3. The molecule has 0 aliphatic rings. The van der Waals surface area contributed by atoms with Crippen molar-refractivity contribution in [2.45, 2.75) is 4.21 Å². The number of hydrogen-bond donors (Lipinski definition) is 3. The summed E-state index contributed by atoms with van der Waals surface area (Å²) in [5.74, 6) is -2.07. The Kier molecular flexibility index (Phi) is 4.17. The molecule has 0 saturated carbocycles. The summed E-state index contributed by atoms with van der Waals surface area (Å²) in [6, 6.07) is 2.26. The van der Waals surface area contributed by atoms with Crippen molar-refractivity contribution in [3.63, 3.8) is 0 Å². The molecule has 0 unspecified atom stereocenters. The van der Waals surface area contributed by atoms with Gasteiger partial charge in [-0.05, 0) is 12.1 Å². The van der Waals surface area contributed by atoms with Gasteiger partial charge in [0.05, 0.1) is 0 Å². The van der Waals surface area contributed by atoms with Crippen molar-refractivity contribution in [2.24, 2.45) is 5.73 Å². The Hall–Kier alpha value is -1.49. The van der Waals surface area contributed by atoms with E-state index in [4.69, 9.17) is 10.8 Å². The van der Waals surface area contributed by atoms with Gasteiger partial charge in [-0.2, -0.15) is 0 Å². The van der Waals surface area contributed by atoms with E-state index in [0.29, 0.717) is 11.3 Å². The van der Waals surface area contributed by atoms with Crippen LogP contribution in [0.2, 0.25) is 0 Å². The summed E-state index contributed by atoms with van der Waals surface area (Å²) in [6.07, 6.45) is 0. The largest absolute Gasteiger partial charge is 0.477 e. The van der Waals surface area contributed by atoms with Crippen molar-refractivity contribution in [3.05, 3.63) is 17.0 Å². The van der Waals surface area contributed by atoms with Crippen LogP contribution in [-0.4, -0.2) is 32.0 Å². The zero-order chi connectivity index (χ0) is 13.1. The Bertz CT molecular complexity index is 534. The van der Waals surface area contributed by atoms with Gasteiger partial charge in [0.25, 0.3) is 10.0 Å². The van der Waals surface area contributed by atoms with Crippen molar-refractivity contribution >= 4 is 33.2 Å². The SMILES string of the molecule is NC(=O)CONS(=O)(=O)c1ccc(C(=O)O)s1. The Morgan fingerprint density at radius 3 is 2.59 bits per heavy atom. The first kappa shape index (κ1) is 13.6. The van der Waals surface area contributed by atoms with E-state index in [1.165, 1.54) is 0 Å². The molecule has 8 nitrogen and oxygen atoms in total. The van der Waals surface area contributed by atoms with E-state index in [2.05, 4.69) is 4.84 Å². The standard InChI is InChI=1S/C7H8N2O6S2/c8-5(10)3-15-9-17(13,14)6-2-1-4(16-6)7(11)12/h1-2,9H,3H2,(H2,8,10)(H,11,12). The summed E-state index contributed by atoms with van der Waals surface area (Å²) in [5, 5.41) is 8.62. The number of amides is 1. The van der Waals surface area contributed by atoms with E-state index in [9.17, 15) is 18.0 Å². The molecule has 1 heterocycles. The van der Waals surface area contributed by atoms with Gasteiger partial charge < -0.3 is 10.8 Å². The highest BCUT2D eigenvalue weighted by atomic mass is 32.2. The first-order chi connectivity index (χ1) is 7.83. The molecule has 17 heavy (non-hydrogen) atoms. The summed E-state index contributed by atoms with van der Waals surface area (Å²) in [5.41, 5.74) is 4.73. The molecular weight excluding hydrogens is 272 g/mol. The highest BCUT2D eigenvalue weighted by Gasteiger charge is 2.19. The topological polar surface area (TPSA) is 136 Å². The third kappa shape index (κ3) is 3.78. The summed E-state index contributed by atoms with van der Waals surface area (Å²) in [7, 11) is -3.99. The Balaban J connectivity index is 2.75. The highest BCUT2D eigenvalue weighted by Crippen LogP contribution is 2.21. The molecule has 0 atom stereocenters. The summed E-state index contributed by atoms with van der Waals surface area (Å²) < 4.78 is 22.7. The quantitative estimate of drug-likeness (QED) is 0.580. The van der Waals surface area contributed by atoms with Gasteiger partial charge in [-0.3, -0.25) is 9.63 Å². The Morgan fingerprint density at radius 2 is 2.12 bits per heavy atom. The van der Waals surface area contributed by atoms with Gasteiger partial charge in [-0.25, -0.2) is 13.2 Å². The number of primary amides is 1. The fourth-order valence-electron chi connectivity index (χ4n) is 0.799. The van der Waals surface area contributed by atoms with Crippen LogP contribution >= 0.6 is 11.3 Å². The lowest BCUT2D eigenvalue weighted by atomic mass is 10.5. The van der Waals surface area contributed by atoms with Gasteiger partial charge in [0, 0.05) is 0 Å². The smallest absolute Gasteiger partial charge is 0.345 e. The van der Waals surface area contributed by atoms with Crippen LogP contribution in [0.1, 0.15) is 9.67 Å². The number of nitrogens with two attached hydrogens (primary N) is 1. The van der Waals surface area contributed by atoms with Crippen LogP contribution in [0, 0.1) is 0 Å². The van der Waals surface area contributed by atoms with Gasteiger partial charge in [-0.15, -0.1) is 11.3 Å². The van der Waals surface area contributed by atoms with E-state index in [1.54, 1.807) is 4.89 Å². The lowest BCUT2D eigenvalue weighted by Gasteiger charge is -2.02. The maximum atomic E-state index is 11.5. The minimum Gasteiger partial charge on any atom is -0.477 e. The molecule has 10 heteroatoms. The number of carbonyl (C=O) groups excluding carboxylic acids is 1. The predicted molar refractivity (Wildman–Crippen MR) is 56.7 cm³/mol. The van der Waals surface area contributed by atoms with Crippen LogP contribution in [0.4, 0.5) is 0 Å². The lowest BCUT2D eigenvalue weighted by Crippen LogP contribution is -2.29. The number of carboxylic acid groups (broad SMARTS) is 1. The third-order valence-electron chi connectivity index (χ3n) is 1.44. The molecule has 94 valence electrons. The van der Waals surface area contributed by atoms with Gasteiger partial charge in [0.2, 0.25) is 5.91 Å². The van der Waals surface area contributed by atoms with Crippen LogP contribution in [0.3, 0.4) is 0 Å². The molecule has 4 N–H and O–H groups in total. The second-order valence-electron chi connectivity index (χ2n) is 2.77. The molecule has 0 aliphatic carbocycles. The van der Waals surface area contributed by atoms with Crippen LogP contribution < -0.4 is 10.6 Å². The molecule has 0 saturated heterocycles.